The Morgan fingerprint density at radius 3 is 2.72 bits per heavy atom. The number of fused-ring (bicyclic) bond motifs is 1. The molecule has 18 heavy (non-hydrogen) atoms. The van der Waals surface area contributed by atoms with Gasteiger partial charge in [0.15, 0.2) is 0 Å². The highest BCUT2D eigenvalue weighted by Gasteiger charge is 2.30. The fraction of sp³-hybridized carbons (Fsp3) is 0.250. The molecule has 0 aromatic heterocycles. The van der Waals surface area contributed by atoms with E-state index < -0.39 is 21.7 Å². The maximum absolute atomic E-state index is 11.9. The lowest BCUT2D eigenvalue weighted by Gasteiger charge is -2.08. The monoisotopic (exact) mass is 286 g/mol. The molecule has 0 aliphatic carbocycles. The Morgan fingerprint density at radius 2 is 2.11 bits per heavy atom. The molecule has 6 heteroatoms. The van der Waals surface area contributed by atoms with Crippen LogP contribution in [0.25, 0.3) is 5.57 Å². The second kappa shape index (κ2) is 4.40. The molecule has 0 saturated carbocycles. The number of rotatable bonds is 3. The number of aliphatic carboxylic acids is 1. The first kappa shape index (κ1) is 13.1. The van der Waals surface area contributed by atoms with Gasteiger partial charge in [-0.3, -0.25) is 4.79 Å². The van der Waals surface area contributed by atoms with E-state index in [1.54, 1.807) is 19.1 Å². The number of benzene rings is 1. The highest BCUT2D eigenvalue weighted by molar-refractivity contribution is 7.95. The molecule has 1 aromatic carbocycles. The zero-order valence-corrected chi connectivity index (χ0v) is 11.1. The van der Waals surface area contributed by atoms with Crippen LogP contribution in [0.1, 0.15) is 18.9 Å². The van der Waals surface area contributed by atoms with Crippen molar-refractivity contribution in [2.24, 2.45) is 5.92 Å². The van der Waals surface area contributed by atoms with E-state index in [1.807, 2.05) is 0 Å². The molecule has 1 aromatic rings. The van der Waals surface area contributed by atoms with Gasteiger partial charge in [-0.15, -0.1) is 0 Å². The van der Waals surface area contributed by atoms with Gasteiger partial charge in [0.1, 0.15) is 0 Å². The van der Waals surface area contributed by atoms with Gasteiger partial charge in [0.25, 0.3) is 0 Å². The van der Waals surface area contributed by atoms with Crippen LogP contribution in [-0.4, -0.2) is 19.5 Å². The molecule has 0 fully saturated rings. The number of carboxylic acids is 1. The summed E-state index contributed by atoms with van der Waals surface area (Å²) in [7, 11) is -3.54. The molecule has 0 bridgehead atoms. The summed E-state index contributed by atoms with van der Waals surface area (Å²) in [4.78, 5) is 10.9. The van der Waals surface area contributed by atoms with Gasteiger partial charge in [0.05, 0.1) is 15.8 Å². The zero-order chi connectivity index (χ0) is 13.5. The minimum atomic E-state index is -3.54. The third-order valence-electron chi connectivity index (χ3n) is 2.84. The molecule has 0 spiro atoms. The Hall–Kier alpha value is -1.33. The predicted octanol–water partition coefficient (Wildman–Crippen LogP) is 2.58. The van der Waals surface area contributed by atoms with Crippen molar-refractivity contribution in [2.75, 3.05) is 0 Å². The molecule has 1 unspecified atom stereocenters. The topological polar surface area (TPSA) is 71.4 Å². The van der Waals surface area contributed by atoms with Crippen LogP contribution in [0.5, 0.6) is 0 Å². The number of carboxylic acid groups (broad SMARTS) is 1. The van der Waals surface area contributed by atoms with E-state index >= 15 is 0 Å². The van der Waals surface area contributed by atoms with E-state index in [0.29, 0.717) is 11.1 Å². The van der Waals surface area contributed by atoms with Crippen molar-refractivity contribution in [3.8, 4) is 0 Å². The number of halogens is 1. The van der Waals surface area contributed by atoms with E-state index in [4.69, 9.17) is 16.7 Å². The van der Waals surface area contributed by atoms with Crippen molar-refractivity contribution in [3.05, 3.63) is 34.2 Å². The van der Waals surface area contributed by atoms with Crippen molar-refractivity contribution in [3.63, 3.8) is 0 Å². The Bertz CT molecular complexity index is 646. The molecular formula is C12H11ClO4S. The third kappa shape index (κ3) is 2.15. The highest BCUT2D eigenvalue weighted by Crippen LogP contribution is 2.40. The van der Waals surface area contributed by atoms with Crippen molar-refractivity contribution < 1.29 is 18.3 Å². The standard InChI is InChI=1S/C12H11ClO4S/c1-7(12(14)15)5-8-6-18(16,17)11-9(8)3-2-4-10(11)13/h2-4,6-7H,5H2,1H3,(H,14,15). The summed E-state index contributed by atoms with van der Waals surface area (Å²) >= 11 is 5.89. The minimum absolute atomic E-state index is 0.0826. The van der Waals surface area contributed by atoms with Crippen LogP contribution < -0.4 is 0 Å². The van der Waals surface area contributed by atoms with Gasteiger partial charge in [0.2, 0.25) is 9.84 Å². The van der Waals surface area contributed by atoms with Crippen molar-refractivity contribution in [1.29, 1.82) is 0 Å². The average Bonchev–Trinajstić information content (AvgIpc) is 2.51. The van der Waals surface area contributed by atoms with Crippen LogP contribution >= 0.6 is 11.6 Å². The van der Waals surface area contributed by atoms with E-state index in [9.17, 15) is 13.2 Å². The van der Waals surface area contributed by atoms with Crippen LogP contribution in [-0.2, 0) is 14.6 Å². The summed E-state index contributed by atoms with van der Waals surface area (Å²) in [6.07, 6.45) is 0.169. The molecule has 1 atom stereocenters. The van der Waals surface area contributed by atoms with Crippen molar-refractivity contribution in [2.45, 2.75) is 18.2 Å². The lowest BCUT2D eigenvalue weighted by atomic mass is 9.97. The molecule has 1 aliphatic heterocycles. The molecule has 96 valence electrons. The van der Waals surface area contributed by atoms with E-state index in [-0.39, 0.29) is 16.3 Å². The van der Waals surface area contributed by atoms with Crippen LogP contribution in [0, 0.1) is 5.92 Å². The highest BCUT2D eigenvalue weighted by atomic mass is 35.5. The van der Waals surface area contributed by atoms with Gasteiger partial charge >= 0.3 is 5.97 Å². The molecular weight excluding hydrogens is 276 g/mol. The molecule has 0 amide bonds. The van der Waals surface area contributed by atoms with E-state index in [2.05, 4.69) is 0 Å². The lowest BCUT2D eigenvalue weighted by molar-refractivity contribution is -0.140. The Kier molecular flexibility index (Phi) is 3.21. The first-order valence-electron chi connectivity index (χ1n) is 5.30. The maximum atomic E-state index is 11.9. The van der Waals surface area contributed by atoms with Crippen LogP contribution in [0.3, 0.4) is 0 Å². The molecule has 1 aliphatic rings. The molecule has 0 saturated heterocycles. The van der Waals surface area contributed by atoms with Gasteiger partial charge in [0, 0.05) is 5.41 Å². The van der Waals surface area contributed by atoms with Gasteiger partial charge in [-0.05, 0) is 23.6 Å². The van der Waals surface area contributed by atoms with Crippen molar-refractivity contribution in [1.82, 2.24) is 0 Å². The van der Waals surface area contributed by atoms with Gasteiger partial charge < -0.3 is 5.11 Å². The normalized spacial score (nSPS) is 18.0. The lowest BCUT2D eigenvalue weighted by Crippen LogP contribution is -2.09. The summed E-state index contributed by atoms with van der Waals surface area (Å²) in [5.41, 5.74) is 1.01. The predicted molar refractivity (Wildman–Crippen MR) is 68.0 cm³/mol. The first-order chi connectivity index (χ1) is 8.33. The van der Waals surface area contributed by atoms with E-state index in [0.717, 1.165) is 5.41 Å². The molecule has 0 radical (unpaired) electrons. The number of carbonyl (C=O) groups is 1. The van der Waals surface area contributed by atoms with Crippen LogP contribution in [0.15, 0.2) is 28.5 Å². The fourth-order valence-corrected chi connectivity index (χ4v) is 3.99. The maximum Gasteiger partial charge on any atom is 0.306 e. The summed E-state index contributed by atoms with van der Waals surface area (Å²) < 4.78 is 23.9. The third-order valence-corrected chi connectivity index (χ3v) is 4.87. The zero-order valence-electron chi connectivity index (χ0n) is 9.55. The second-order valence-electron chi connectivity index (χ2n) is 4.25. The fourth-order valence-electron chi connectivity index (χ4n) is 1.94. The number of hydrogen-bond acceptors (Lipinski definition) is 3. The van der Waals surface area contributed by atoms with Crippen LogP contribution in [0.2, 0.25) is 5.02 Å². The molecule has 1 heterocycles. The molecule has 1 N–H and O–H groups in total. The number of sulfone groups is 1. The summed E-state index contributed by atoms with van der Waals surface area (Å²) in [6.45, 7) is 1.54. The number of hydrogen-bond donors (Lipinski definition) is 1. The summed E-state index contributed by atoms with van der Waals surface area (Å²) in [5.74, 6) is -1.60. The van der Waals surface area contributed by atoms with Gasteiger partial charge in [-0.25, -0.2) is 8.42 Å². The smallest absolute Gasteiger partial charge is 0.306 e. The Labute approximate surface area is 110 Å². The molecule has 4 nitrogen and oxygen atoms in total. The quantitative estimate of drug-likeness (QED) is 0.927. The molecule has 2 rings (SSSR count). The summed E-state index contributed by atoms with van der Waals surface area (Å²) in [5, 5.41) is 10.2. The first-order valence-corrected chi connectivity index (χ1v) is 7.22. The summed E-state index contributed by atoms with van der Waals surface area (Å²) in [6, 6.07) is 4.81. The van der Waals surface area contributed by atoms with Gasteiger partial charge in [-0.2, -0.15) is 0 Å². The minimum Gasteiger partial charge on any atom is -0.481 e. The van der Waals surface area contributed by atoms with E-state index in [1.165, 1.54) is 6.07 Å². The number of allylic oxidation sites excluding steroid dienone is 1. The Balaban J connectivity index is 2.49. The van der Waals surface area contributed by atoms with Gasteiger partial charge in [-0.1, -0.05) is 30.7 Å². The average molecular weight is 287 g/mol. The van der Waals surface area contributed by atoms with Crippen molar-refractivity contribution >= 4 is 33.0 Å². The van der Waals surface area contributed by atoms with Crippen LogP contribution in [0.4, 0.5) is 0 Å². The largest absolute Gasteiger partial charge is 0.481 e. The second-order valence-corrected chi connectivity index (χ2v) is 6.39. The Morgan fingerprint density at radius 1 is 1.44 bits per heavy atom. The SMILES string of the molecule is CC(CC1=CS(=O)(=O)c2c(Cl)cccc21)C(=O)O.